The van der Waals surface area contributed by atoms with Gasteiger partial charge in [0.1, 0.15) is 11.5 Å². The minimum atomic E-state index is -0.221. The fourth-order valence-electron chi connectivity index (χ4n) is 2.25. The summed E-state index contributed by atoms with van der Waals surface area (Å²) in [7, 11) is 1.87. The van der Waals surface area contributed by atoms with Crippen molar-refractivity contribution in [3.63, 3.8) is 0 Å². The molecule has 0 aliphatic rings. The quantitative estimate of drug-likeness (QED) is 0.779. The highest BCUT2D eigenvalue weighted by molar-refractivity contribution is 5.65. The molecule has 0 bridgehead atoms. The number of benzene rings is 1. The Bertz CT molecular complexity index is 718. The van der Waals surface area contributed by atoms with Crippen molar-refractivity contribution in [3.8, 4) is 11.3 Å². The average molecular weight is 255 g/mol. The topological polar surface area (TPSA) is 29.3 Å². The van der Waals surface area contributed by atoms with Crippen molar-refractivity contribution in [2.75, 3.05) is 7.05 Å². The van der Waals surface area contributed by atoms with Crippen LogP contribution in [0.25, 0.3) is 16.9 Å². The number of nitrogens with zero attached hydrogens (tertiary/aromatic N) is 2. The van der Waals surface area contributed by atoms with E-state index in [2.05, 4.69) is 10.3 Å². The number of pyridine rings is 1. The fraction of sp³-hybridized carbons (Fsp3) is 0.133. The molecule has 3 rings (SSSR count). The first-order valence-corrected chi connectivity index (χ1v) is 6.15. The molecule has 0 fully saturated rings. The predicted molar refractivity (Wildman–Crippen MR) is 73.3 cm³/mol. The predicted octanol–water partition coefficient (Wildman–Crippen LogP) is 2.86. The second kappa shape index (κ2) is 4.82. The highest BCUT2D eigenvalue weighted by Gasteiger charge is 2.09. The second-order valence-electron chi connectivity index (χ2n) is 4.41. The summed E-state index contributed by atoms with van der Waals surface area (Å²) in [6, 6.07) is 10.9. The number of fused-ring (bicyclic) bond motifs is 1. The van der Waals surface area contributed by atoms with Gasteiger partial charge in [-0.05, 0) is 36.9 Å². The highest BCUT2D eigenvalue weighted by atomic mass is 19.1. The van der Waals surface area contributed by atoms with E-state index in [1.165, 1.54) is 6.07 Å². The van der Waals surface area contributed by atoms with Gasteiger partial charge in [-0.15, -0.1) is 0 Å². The van der Waals surface area contributed by atoms with E-state index in [0.717, 1.165) is 16.9 Å². The van der Waals surface area contributed by atoms with Crippen LogP contribution < -0.4 is 5.32 Å². The standard InChI is InChI=1S/C15H14FN3/c1-17-10-11-5-6-13(16)12(9-11)14-3-2-4-15-18-7-8-19(14)15/h2-9,17H,10H2,1H3. The molecule has 96 valence electrons. The molecule has 19 heavy (non-hydrogen) atoms. The zero-order valence-corrected chi connectivity index (χ0v) is 10.6. The third-order valence-electron chi connectivity index (χ3n) is 3.12. The van der Waals surface area contributed by atoms with Gasteiger partial charge in [0.05, 0.1) is 5.69 Å². The van der Waals surface area contributed by atoms with E-state index in [-0.39, 0.29) is 5.82 Å². The molecule has 1 N–H and O–H groups in total. The molecule has 3 nitrogen and oxygen atoms in total. The number of hydrogen-bond acceptors (Lipinski definition) is 2. The van der Waals surface area contributed by atoms with Crippen molar-refractivity contribution in [1.29, 1.82) is 0 Å². The molecule has 0 aliphatic heterocycles. The molecular formula is C15H14FN3. The molecule has 4 heteroatoms. The third-order valence-corrected chi connectivity index (χ3v) is 3.12. The largest absolute Gasteiger partial charge is 0.316 e. The van der Waals surface area contributed by atoms with E-state index < -0.39 is 0 Å². The molecule has 1 aromatic carbocycles. The molecule has 3 aromatic rings. The lowest BCUT2D eigenvalue weighted by Crippen LogP contribution is -2.05. The van der Waals surface area contributed by atoms with Gasteiger partial charge < -0.3 is 5.32 Å². The van der Waals surface area contributed by atoms with Crippen molar-refractivity contribution in [3.05, 3.63) is 60.2 Å². The molecule has 0 aliphatic carbocycles. The number of imidazole rings is 1. The molecule has 0 atom stereocenters. The van der Waals surface area contributed by atoms with Gasteiger partial charge in [-0.1, -0.05) is 12.1 Å². The Kier molecular flexibility index (Phi) is 3.01. The van der Waals surface area contributed by atoms with Crippen molar-refractivity contribution in [2.45, 2.75) is 6.54 Å². The number of aromatic nitrogens is 2. The first-order valence-electron chi connectivity index (χ1n) is 6.15. The number of rotatable bonds is 3. The Morgan fingerprint density at radius 1 is 1.26 bits per heavy atom. The van der Waals surface area contributed by atoms with Gasteiger partial charge >= 0.3 is 0 Å². The van der Waals surface area contributed by atoms with Gasteiger partial charge in [0, 0.05) is 24.5 Å². The van der Waals surface area contributed by atoms with Crippen LogP contribution >= 0.6 is 0 Å². The van der Waals surface area contributed by atoms with Gasteiger partial charge in [-0.3, -0.25) is 4.40 Å². The summed E-state index contributed by atoms with van der Waals surface area (Å²) in [6.45, 7) is 0.715. The van der Waals surface area contributed by atoms with Crippen LogP contribution in [0.5, 0.6) is 0 Å². The lowest BCUT2D eigenvalue weighted by atomic mass is 10.1. The van der Waals surface area contributed by atoms with E-state index in [1.54, 1.807) is 12.3 Å². The average Bonchev–Trinajstić information content (AvgIpc) is 2.89. The summed E-state index contributed by atoms with van der Waals surface area (Å²) in [4.78, 5) is 4.22. The highest BCUT2D eigenvalue weighted by Crippen LogP contribution is 2.24. The second-order valence-corrected chi connectivity index (χ2v) is 4.41. The van der Waals surface area contributed by atoms with Crippen molar-refractivity contribution in [2.24, 2.45) is 0 Å². The van der Waals surface area contributed by atoms with Crippen LogP contribution in [-0.2, 0) is 6.54 Å². The molecule has 0 saturated carbocycles. The summed E-state index contributed by atoms with van der Waals surface area (Å²) < 4.78 is 16.0. The van der Waals surface area contributed by atoms with Gasteiger partial charge in [0.15, 0.2) is 0 Å². The van der Waals surface area contributed by atoms with Gasteiger partial charge in [-0.25, -0.2) is 9.37 Å². The van der Waals surface area contributed by atoms with Crippen molar-refractivity contribution >= 4 is 5.65 Å². The van der Waals surface area contributed by atoms with Gasteiger partial charge in [0.25, 0.3) is 0 Å². The van der Waals surface area contributed by atoms with E-state index in [0.29, 0.717) is 12.1 Å². The summed E-state index contributed by atoms with van der Waals surface area (Å²) in [5.41, 5.74) is 3.27. The number of hydrogen-bond donors (Lipinski definition) is 1. The minimum absolute atomic E-state index is 0.221. The van der Waals surface area contributed by atoms with Crippen LogP contribution in [0.15, 0.2) is 48.8 Å². The molecule has 0 saturated heterocycles. The number of nitrogens with one attached hydrogen (secondary N) is 1. The Morgan fingerprint density at radius 2 is 2.16 bits per heavy atom. The maximum atomic E-state index is 14.1. The molecule has 0 spiro atoms. The molecule has 2 heterocycles. The maximum Gasteiger partial charge on any atom is 0.137 e. The summed E-state index contributed by atoms with van der Waals surface area (Å²) in [5.74, 6) is -0.221. The summed E-state index contributed by atoms with van der Waals surface area (Å²) in [6.07, 6.45) is 3.56. The Morgan fingerprint density at radius 3 is 3.00 bits per heavy atom. The van der Waals surface area contributed by atoms with Crippen molar-refractivity contribution in [1.82, 2.24) is 14.7 Å². The Hall–Kier alpha value is -2.20. The zero-order valence-electron chi connectivity index (χ0n) is 10.6. The molecule has 0 amide bonds. The first-order chi connectivity index (χ1) is 9.29. The van der Waals surface area contributed by atoms with E-state index >= 15 is 0 Å². The molecule has 2 aromatic heterocycles. The van der Waals surface area contributed by atoms with Crippen LogP contribution in [0, 0.1) is 5.82 Å². The zero-order chi connectivity index (χ0) is 13.2. The fourth-order valence-corrected chi connectivity index (χ4v) is 2.25. The molecular weight excluding hydrogens is 241 g/mol. The molecule has 0 radical (unpaired) electrons. The van der Waals surface area contributed by atoms with Crippen LogP contribution in [0.1, 0.15) is 5.56 Å². The third kappa shape index (κ3) is 2.11. The maximum absolute atomic E-state index is 14.1. The van der Waals surface area contributed by atoms with Crippen molar-refractivity contribution < 1.29 is 4.39 Å². The van der Waals surface area contributed by atoms with E-state index in [1.807, 2.05) is 41.9 Å². The van der Waals surface area contributed by atoms with Crippen LogP contribution in [-0.4, -0.2) is 16.4 Å². The monoisotopic (exact) mass is 255 g/mol. The van der Waals surface area contributed by atoms with Crippen LogP contribution in [0.3, 0.4) is 0 Å². The lowest BCUT2D eigenvalue weighted by Gasteiger charge is -2.09. The normalized spacial score (nSPS) is 11.1. The smallest absolute Gasteiger partial charge is 0.137 e. The summed E-state index contributed by atoms with van der Waals surface area (Å²) >= 11 is 0. The molecule has 0 unspecified atom stereocenters. The van der Waals surface area contributed by atoms with Crippen LogP contribution in [0.4, 0.5) is 4.39 Å². The van der Waals surface area contributed by atoms with E-state index in [9.17, 15) is 4.39 Å². The van der Waals surface area contributed by atoms with Crippen LogP contribution in [0.2, 0.25) is 0 Å². The van der Waals surface area contributed by atoms with E-state index in [4.69, 9.17) is 0 Å². The summed E-state index contributed by atoms with van der Waals surface area (Å²) in [5, 5.41) is 3.07. The van der Waals surface area contributed by atoms with Gasteiger partial charge in [-0.2, -0.15) is 0 Å². The Labute approximate surface area is 110 Å². The lowest BCUT2D eigenvalue weighted by molar-refractivity contribution is 0.629. The number of halogens is 1. The van der Waals surface area contributed by atoms with Gasteiger partial charge in [0.2, 0.25) is 0 Å². The minimum Gasteiger partial charge on any atom is -0.316 e. The Balaban J connectivity index is 2.20. The first kappa shape index (κ1) is 11.9. The SMILES string of the molecule is CNCc1ccc(F)c(-c2cccc3nccn23)c1.